The van der Waals surface area contributed by atoms with Crippen LogP contribution in [0.25, 0.3) is 0 Å². The molecule has 0 aliphatic carbocycles. The fourth-order valence-corrected chi connectivity index (χ4v) is 3.06. The molecule has 25 heavy (non-hydrogen) atoms. The SMILES string of the molecule is CCCCCCc1cccc(Oc2c([O-])cccc2S(=O)(=O)O)c1.[K+]. The van der Waals surface area contributed by atoms with Crippen molar-refractivity contribution in [2.75, 3.05) is 0 Å². The van der Waals surface area contributed by atoms with Gasteiger partial charge in [0.25, 0.3) is 10.1 Å². The fourth-order valence-electron chi connectivity index (χ4n) is 2.44. The second-order valence-corrected chi connectivity index (χ2v) is 7.01. The number of rotatable bonds is 8. The van der Waals surface area contributed by atoms with E-state index < -0.39 is 20.8 Å². The molecule has 0 heterocycles. The molecule has 2 rings (SSSR count). The Bertz CT molecular complexity index is 790. The Hall–Kier alpha value is -0.414. The Kier molecular flexibility index (Phi) is 9.65. The van der Waals surface area contributed by atoms with E-state index in [-0.39, 0.29) is 57.1 Å². The maximum absolute atomic E-state index is 11.9. The summed E-state index contributed by atoms with van der Waals surface area (Å²) in [4.78, 5) is -0.525. The van der Waals surface area contributed by atoms with Gasteiger partial charge in [-0.2, -0.15) is 8.42 Å². The van der Waals surface area contributed by atoms with Gasteiger partial charge in [-0.3, -0.25) is 4.55 Å². The molecule has 0 unspecified atom stereocenters. The molecule has 0 atom stereocenters. The molecule has 0 radical (unpaired) electrons. The van der Waals surface area contributed by atoms with Crippen LogP contribution in [0.4, 0.5) is 0 Å². The molecule has 0 fully saturated rings. The molecule has 7 heteroatoms. The summed E-state index contributed by atoms with van der Waals surface area (Å²) in [5.74, 6) is -0.613. The zero-order valence-corrected chi connectivity index (χ0v) is 18.5. The molecule has 0 saturated heterocycles. The summed E-state index contributed by atoms with van der Waals surface area (Å²) >= 11 is 0. The molecular formula is C18H21KO5S. The maximum Gasteiger partial charge on any atom is 1.00 e. The first kappa shape index (κ1) is 22.6. The largest absolute Gasteiger partial charge is 1.00 e. The summed E-state index contributed by atoms with van der Waals surface area (Å²) in [6.45, 7) is 2.15. The molecule has 2 aromatic carbocycles. The van der Waals surface area contributed by atoms with E-state index in [1.165, 1.54) is 25.0 Å². The van der Waals surface area contributed by atoms with Gasteiger partial charge in [0.2, 0.25) is 0 Å². The van der Waals surface area contributed by atoms with Crippen LogP contribution in [0.5, 0.6) is 17.2 Å². The summed E-state index contributed by atoms with van der Waals surface area (Å²) < 4.78 is 37.5. The summed E-state index contributed by atoms with van der Waals surface area (Å²) in [5.41, 5.74) is 1.06. The van der Waals surface area contributed by atoms with Crippen molar-refractivity contribution >= 4 is 10.1 Å². The zero-order chi connectivity index (χ0) is 17.6. The van der Waals surface area contributed by atoms with Crippen molar-refractivity contribution in [3.63, 3.8) is 0 Å². The van der Waals surface area contributed by atoms with E-state index in [0.29, 0.717) is 5.75 Å². The molecule has 0 spiro atoms. The van der Waals surface area contributed by atoms with Crippen LogP contribution >= 0.6 is 0 Å². The van der Waals surface area contributed by atoms with Gasteiger partial charge in [-0.05, 0) is 36.6 Å². The Labute approximate surface area is 191 Å². The molecule has 0 aromatic heterocycles. The van der Waals surface area contributed by atoms with E-state index in [9.17, 15) is 18.1 Å². The molecule has 2 aromatic rings. The van der Waals surface area contributed by atoms with Gasteiger partial charge in [0.05, 0.1) is 0 Å². The minimum absolute atomic E-state index is 0. The third-order valence-corrected chi connectivity index (χ3v) is 4.54. The average Bonchev–Trinajstić information content (AvgIpc) is 2.53. The number of ether oxygens (including phenoxy) is 1. The Balaban J connectivity index is 0.00000312. The zero-order valence-electron chi connectivity index (χ0n) is 14.6. The smallest absolute Gasteiger partial charge is 0.870 e. The maximum atomic E-state index is 11.9. The minimum Gasteiger partial charge on any atom is -0.870 e. The van der Waals surface area contributed by atoms with Gasteiger partial charge < -0.3 is 9.84 Å². The average molecular weight is 389 g/mol. The number of para-hydroxylation sites is 1. The first-order valence-corrected chi connectivity index (χ1v) is 9.40. The van der Waals surface area contributed by atoms with Gasteiger partial charge in [-0.25, -0.2) is 0 Å². The normalized spacial score (nSPS) is 11.0. The molecule has 0 aliphatic heterocycles. The molecule has 0 aliphatic rings. The summed E-state index contributed by atoms with van der Waals surface area (Å²) in [6, 6.07) is 10.8. The van der Waals surface area contributed by atoms with E-state index in [0.717, 1.165) is 30.9 Å². The number of aryl methyl sites for hydroxylation is 1. The van der Waals surface area contributed by atoms with Crippen LogP contribution in [0.15, 0.2) is 47.4 Å². The Morgan fingerprint density at radius 3 is 2.48 bits per heavy atom. The van der Waals surface area contributed by atoms with Crippen LogP contribution in [0.3, 0.4) is 0 Å². The first-order valence-electron chi connectivity index (χ1n) is 7.96. The first-order chi connectivity index (χ1) is 11.4. The summed E-state index contributed by atoms with van der Waals surface area (Å²) in [7, 11) is -4.53. The van der Waals surface area contributed by atoms with Crippen molar-refractivity contribution in [2.45, 2.75) is 43.9 Å². The minimum atomic E-state index is -4.53. The molecule has 0 saturated carbocycles. The number of hydrogen-bond donors (Lipinski definition) is 1. The second kappa shape index (κ2) is 10.7. The van der Waals surface area contributed by atoms with Gasteiger partial charge in [-0.15, -0.1) is 0 Å². The van der Waals surface area contributed by atoms with Crippen LogP contribution in [-0.4, -0.2) is 13.0 Å². The molecule has 5 nitrogen and oxygen atoms in total. The monoisotopic (exact) mass is 388 g/mol. The van der Waals surface area contributed by atoms with E-state index in [1.807, 2.05) is 6.07 Å². The van der Waals surface area contributed by atoms with Crippen LogP contribution in [0, 0.1) is 0 Å². The van der Waals surface area contributed by atoms with Crippen LogP contribution in [0.1, 0.15) is 38.2 Å². The van der Waals surface area contributed by atoms with Crippen LogP contribution in [0.2, 0.25) is 0 Å². The number of unbranched alkanes of at least 4 members (excludes halogenated alkanes) is 3. The summed E-state index contributed by atoms with van der Waals surface area (Å²) in [5, 5.41) is 11.9. The van der Waals surface area contributed by atoms with E-state index >= 15 is 0 Å². The van der Waals surface area contributed by atoms with Gasteiger partial charge in [0.1, 0.15) is 16.4 Å². The van der Waals surface area contributed by atoms with E-state index in [4.69, 9.17) is 4.74 Å². The third kappa shape index (κ3) is 7.01. The molecule has 1 N–H and O–H groups in total. The van der Waals surface area contributed by atoms with Crippen molar-refractivity contribution in [2.24, 2.45) is 0 Å². The fraction of sp³-hybridized carbons (Fsp3) is 0.333. The van der Waals surface area contributed by atoms with Gasteiger partial charge >= 0.3 is 51.4 Å². The predicted octanol–water partition coefficient (Wildman–Crippen LogP) is 0.926. The standard InChI is InChI=1S/C18H22O5S.K/c1-2-3-4-5-8-14-9-6-10-15(13-14)23-18-16(19)11-7-12-17(18)24(20,21)22;/h6-7,9-13,19H,2-5,8H2,1H3,(H,20,21,22);/q;+1/p-1. The third-order valence-electron chi connectivity index (χ3n) is 3.66. The topological polar surface area (TPSA) is 86.7 Å². The molecular weight excluding hydrogens is 367 g/mol. The van der Waals surface area contributed by atoms with E-state index in [2.05, 4.69) is 6.92 Å². The van der Waals surface area contributed by atoms with Gasteiger partial charge in [0, 0.05) is 0 Å². The van der Waals surface area contributed by atoms with Gasteiger partial charge in [-0.1, -0.05) is 56.2 Å². The molecule has 130 valence electrons. The van der Waals surface area contributed by atoms with Crippen LogP contribution in [-0.2, 0) is 16.5 Å². The Morgan fingerprint density at radius 1 is 1.08 bits per heavy atom. The Morgan fingerprint density at radius 2 is 1.80 bits per heavy atom. The number of benzene rings is 2. The van der Waals surface area contributed by atoms with Crippen molar-refractivity contribution in [1.82, 2.24) is 0 Å². The van der Waals surface area contributed by atoms with Crippen LogP contribution < -0.4 is 61.2 Å². The number of hydrogen-bond acceptors (Lipinski definition) is 4. The van der Waals surface area contributed by atoms with Gasteiger partial charge in [0.15, 0.2) is 0 Å². The van der Waals surface area contributed by atoms with E-state index in [1.54, 1.807) is 18.2 Å². The molecule has 0 bridgehead atoms. The van der Waals surface area contributed by atoms with Crippen molar-refractivity contribution in [3.8, 4) is 17.2 Å². The predicted molar refractivity (Wildman–Crippen MR) is 90.1 cm³/mol. The molecule has 0 amide bonds. The van der Waals surface area contributed by atoms with Crippen molar-refractivity contribution in [3.05, 3.63) is 48.0 Å². The summed E-state index contributed by atoms with van der Waals surface area (Å²) in [6.07, 6.45) is 5.46. The second-order valence-electron chi connectivity index (χ2n) is 5.62. The van der Waals surface area contributed by atoms with Crippen molar-refractivity contribution < 1.29 is 74.2 Å². The van der Waals surface area contributed by atoms with Crippen molar-refractivity contribution in [1.29, 1.82) is 0 Å². The quantitative estimate of drug-likeness (QED) is 0.413.